The maximum Gasteiger partial charge on any atom is 0.241 e. The van der Waals surface area contributed by atoms with Gasteiger partial charge in [-0.2, -0.15) is 4.72 Å². The second-order valence-electron chi connectivity index (χ2n) is 6.86. The molecule has 3 rings (SSSR count). The summed E-state index contributed by atoms with van der Waals surface area (Å²) >= 11 is 0. The van der Waals surface area contributed by atoms with Crippen molar-refractivity contribution in [3.8, 4) is 17.2 Å². The van der Waals surface area contributed by atoms with Crippen LogP contribution in [0.15, 0.2) is 65.6 Å². The van der Waals surface area contributed by atoms with Crippen LogP contribution >= 0.6 is 0 Å². The van der Waals surface area contributed by atoms with Gasteiger partial charge in [0, 0.05) is 12.1 Å². The van der Waals surface area contributed by atoms with Gasteiger partial charge in [0.1, 0.15) is 23.1 Å². The number of aryl methyl sites for hydroxylation is 1. The number of methoxy groups -OCH3 is 3. The van der Waals surface area contributed by atoms with Gasteiger partial charge in [-0.15, -0.1) is 0 Å². The molecule has 3 aromatic rings. The molecule has 0 aromatic heterocycles. The summed E-state index contributed by atoms with van der Waals surface area (Å²) in [5.74, 6) is 0.767. The van der Waals surface area contributed by atoms with Crippen LogP contribution in [0.3, 0.4) is 0 Å². The zero-order valence-electron chi connectivity index (χ0n) is 17.7. The minimum Gasteiger partial charge on any atom is -0.496 e. The van der Waals surface area contributed by atoms with Crippen molar-refractivity contribution in [3.63, 3.8) is 0 Å². The molecule has 1 atom stereocenters. The zero-order chi connectivity index (χ0) is 22.6. The van der Waals surface area contributed by atoms with Gasteiger partial charge in [0.15, 0.2) is 0 Å². The van der Waals surface area contributed by atoms with Crippen molar-refractivity contribution in [2.24, 2.45) is 0 Å². The van der Waals surface area contributed by atoms with E-state index >= 15 is 0 Å². The molecule has 0 amide bonds. The summed E-state index contributed by atoms with van der Waals surface area (Å²) < 4.78 is 59.0. The van der Waals surface area contributed by atoms with E-state index in [4.69, 9.17) is 14.2 Å². The molecular formula is C23H24FNO5S. The fourth-order valence-electron chi connectivity index (χ4n) is 3.21. The molecule has 31 heavy (non-hydrogen) atoms. The molecule has 0 heterocycles. The van der Waals surface area contributed by atoms with Crippen molar-refractivity contribution >= 4 is 10.0 Å². The number of nitrogens with one attached hydrogen (secondary N) is 1. The maximum absolute atomic E-state index is 13.6. The average Bonchev–Trinajstić information content (AvgIpc) is 2.77. The highest BCUT2D eigenvalue weighted by molar-refractivity contribution is 7.89. The number of hydrogen-bond acceptors (Lipinski definition) is 5. The van der Waals surface area contributed by atoms with Crippen LogP contribution in [0.5, 0.6) is 17.2 Å². The van der Waals surface area contributed by atoms with Crippen molar-refractivity contribution in [1.29, 1.82) is 0 Å². The van der Waals surface area contributed by atoms with E-state index in [0.717, 1.165) is 5.56 Å². The molecule has 0 radical (unpaired) electrons. The Morgan fingerprint density at radius 3 is 1.87 bits per heavy atom. The summed E-state index contributed by atoms with van der Waals surface area (Å²) in [6, 6.07) is 14.4. The third-order valence-electron chi connectivity index (χ3n) is 4.85. The van der Waals surface area contributed by atoms with Gasteiger partial charge in [-0.25, -0.2) is 12.8 Å². The lowest BCUT2D eigenvalue weighted by atomic mass is 9.97. The molecule has 0 bridgehead atoms. The van der Waals surface area contributed by atoms with E-state index in [1.165, 1.54) is 57.7 Å². The molecule has 6 nitrogen and oxygen atoms in total. The van der Waals surface area contributed by atoms with Gasteiger partial charge >= 0.3 is 0 Å². The Kier molecular flexibility index (Phi) is 6.82. The lowest BCUT2D eigenvalue weighted by molar-refractivity contribution is 0.365. The van der Waals surface area contributed by atoms with Gasteiger partial charge in [0.25, 0.3) is 0 Å². The van der Waals surface area contributed by atoms with Crippen LogP contribution in [0.4, 0.5) is 4.39 Å². The Morgan fingerprint density at radius 2 is 1.39 bits per heavy atom. The Morgan fingerprint density at radius 1 is 0.839 bits per heavy atom. The topological polar surface area (TPSA) is 73.9 Å². The van der Waals surface area contributed by atoms with Crippen molar-refractivity contribution < 1.29 is 27.0 Å². The minimum atomic E-state index is -3.93. The highest BCUT2D eigenvalue weighted by atomic mass is 32.2. The number of halogens is 1. The SMILES string of the molecule is COc1cc(OC)c(C(NS(=O)(=O)c2ccc(C)cc2)c2ccc(F)cc2)c(OC)c1. The highest BCUT2D eigenvalue weighted by Crippen LogP contribution is 2.41. The molecule has 164 valence electrons. The van der Waals surface area contributed by atoms with E-state index < -0.39 is 21.9 Å². The van der Waals surface area contributed by atoms with E-state index in [1.807, 2.05) is 6.92 Å². The van der Waals surface area contributed by atoms with Crippen LogP contribution < -0.4 is 18.9 Å². The second kappa shape index (κ2) is 9.36. The first-order chi connectivity index (χ1) is 14.8. The Labute approximate surface area is 181 Å². The summed E-state index contributed by atoms with van der Waals surface area (Å²) in [6.07, 6.45) is 0. The zero-order valence-corrected chi connectivity index (χ0v) is 18.5. The number of rotatable bonds is 8. The molecule has 0 fully saturated rings. The van der Waals surface area contributed by atoms with Crippen LogP contribution in [0, 0.1) is 12.7 Å². The first kappa shape index (κ1) is 22.6. The molecule has 8 heteroatoms. The number of hydrogen-bond donors (Lipinski definition) is 1. The summed E-state index contributed by atoms with van der Waals surface area (Å²) in [7, 11) is 0.503. The Hall–Kier alpha value is -3.10. The Bertz CT molecular complexity index is 1120. The minimum absolute atomic E-state index is 0.108. The predicted octanol–water partition coefficient (Wildman–Crippen LogP) is 4.23. The van der Waals surface area contributed by atoms with Crippen LogP contribution in [-0.2, 0) is 10.0 Å². The molecule has 0 spiro atoms. The molecule has 1 N–H and O–H groups in total. The first-order valence-electron chi connectivity index (χ1n) is 9.43. The van der Waals surface area contributed by atoms with Gasteiger partial charge in [0.2, 0.25) is 10.0 Å². The molecule has 0 aliphatic rings. The van der Waals surface area contributed by atoms with E-state index in [0.29, 0.717) is 28.4 Å². The molecule has 0 aliphatic carbocycles. The van der Waals surface area contributed by atoms with Crippen molar-refractivity contribution in [2.45, 2.75) is 17.9 Å². The van der Waals surface area contributed by atoms with Gasteiger partial charge in [-0.05, 0) is 36.8 Å². The summed E-state index contributed by atoms with van der Waals surface area (Å²) in [5.41, 5.74) is 1.89. The van der Waals surface area contributed by atoms with Crippen LogP contribution in [0.1, 0.15) is 22.7 Å². The van der Waals surface area contributed by atoms with Gasteiger partial charge in [-0.3, -0.25) is 0 Å². The van der Waals surface area contributed by atoms with Gasteiger partial charge < -0.3 is 14.2 Å². The molecule has 0 aliphatic heterocycles. The van der Waals surface area contributed by atoms with Crippen molar-refractivity contribution in [3.05, 3.63) is 83.2 Å². The summed E-state index contributed by atoms with van der Waals surface area (Å²) in [5, 5.41) is 0. The van der Waals surface area contributed by atoms with E-state index in [9.17, 15) is 12.8 Å². The second-order valence-corrected chi connectivity index (χ2v) is 8.58. The largest absolute Gasteiger partial charge is 0.496 e. The molecule has 0 saturated carbocycles. The van der Waals surface area contributed by atoms with Crippen LogP contribution in [0.25, 0.3) is 0 Å². The van der Waals surface area contributed by atoms with E-state index in [2.05, 4.69) is 4.72 Å². The quantitative estimate of drug-likeness (QED) is 0.562. The third kappa shape index (κ3) is 4.98. The maximum atomic E-state index is 13.6. The molecular weight excluding hydrogens is 421 g/mol. The molecule has 3 aromatic carbocycles. The van der Waals surface area contributed by atoms with Crippen LogP contribution in [-0.4, -0.2) is 29.7 Å². The lowest BCUT2D eigenvalue weighted by Crippen LogP contribution is -2.30. The smallest absolute Gasteiger partial charge is 0.241 e. The fraction of sp³-hybridized carbons (Fsp3) is 0.217. The van der Waals surface area contributed by atoms with Crippen molar-refractivity contribution in [2.75, 3.05) is 21.3 Å². The molecule has 1 unspecified atom stereocenters. The lowest BCUT2D eigenvalue weighted by Gasteiger charge is -2.24. The number of ether oxygens (including phenoxy) is 3. The number of sulfonamides is 1. The van der Waals surface area contributed by atoms with Crippen LogP contribution in [0.2, 0.25) is 0 Å². The standard InChI is InChI=1S/C23H24FNO5S/c1-15-5-11-19(12-6-15)31(26,27)25-23(16-7-9-17(24)10-8-16)22-20(29-3)13-18(28-2)14-21(22)30-4/h5-14,23,25H,1-4H3. The van der Waals surface area contributed by atoms with Crippen molar-refractivity contribution in [1.82, 2.24) is 4.72 Å². The van der Waals surface area contributed by atoms with Gasteiger partial charge in [0.05, 0.1) is 37.8 Å². The summed E-state index contributed by atoms with van der Waals surface area (Å²) in [4.78, 5) is 0.108. The normalized spacial score (nSPS) is 12.3. The predicted molar refractivity (Wildman–Crippen MR) is 116 cm³/mol. The Balaban J connectivity index is 2.19. The van der Waals surface area contributed by atoms with E-state index in [-0.39, 0.29) is 4.90 Å². The van der Waals surface area contributed by atoms with E-state index in [1.54, 1.807) is 24.3 Å². The summed E-state index contributed by atoms with van der Waals surface area (Å²) in [6.45, 7) is 1.87. The highest BCUT2D eigenvalue weighted by Gasteiger charge is 2.29. The molecule has 0 saturated heterocycles. The average molecular weight is 446 g/mol. The van der Waals surface area contributed by atoms with Gasteiger partial charge in [-0.1, -0.05) is 29.8 Å². The first-order valence-corrected chi connectivity index (χ1v) is 10.9. The third-order valence-corrected chi connectivity index (χ3v) is 6.29. The fourth-order valence-corrected chi connectivity index (χ4v) is 4.40. The number of benzene rings is 3. The monoisotopic (exact) mass is 445 g/mol.